The van der Waals surface area contributed by atoms with Crippen LogP contribution in [0.3, 0.4) is 0 Å². The summed E-state index contributed by atoms with van der Waals surface area (Å²) in [5, 5.41) is 0. The molecule has 1 spiro atoms. The van der Waals surface area contributed by atoms with Crippen LogP contribution in [0.15, 0.2) is 72.8 Å². The molecule has 5 atom stereocenters. The Morgan fingerprint density at radius 2 is 1.81 bits per heavy atom. The highest BCUT2D eigenvalue weighted by molar-refractivity contribution is 5.94. The Morgan fingerprint density at radius 1 is 1.05 bits per heavy atom. The van der Waals surface area contributed by atoms with Crippen molar-refractivity contribution in [3.63, 3.8) is 0 Å². The largest absolute Gasteiger partial charge is 0.487 e. The molecular formula is C36H36N2O4. The Hall–Kier alpha value is -4.08. The van der Waals surface area contributed by atoms with E-state index in [1.54, 1.807) is 0 Å². The first-order valence-electron chi connectivity index (χ1n) is 15.1. The van der Waals surface area contributed by atoms with Crippen molar-refractivity contribution in [1.82, 2.24) is 9.80 Å². The van der Waals surface area contributed by atoms with Crippen LogP contribution in [-0.2, 0) is 27.8 Å². The number of benzene rings is 3. The summed E-state index contributed by atoms with van der Waals surface area (Å²) < 4.78 is 12.6. The van der Waals surface area contributed by atoms with E-state index in [0.717, 1.165) is 62.1 Å². The predicted molar refractivity (Wildman–Crippen MR) is 160 cm³/mol. The Labute approximate surface area is 247 Å². The van der Waals surface area contributed by atoms with Gasteiger partial charge < -0.3 is 14.4 Å². The van der Waals surface area contributed by atoms with E-state index >= 15 is 0 Å². The zero-order chi connectivity index (χ0) is 28.8. The lowest BCUT2D eigenvalue weighted by Crippen LogP contribution is -2.69. The number of ether oxygens (including phenoxy) is 2. The zero-order valence-electron chi connectivity index (χ0n) is 24.2. The molecule has 2 aliphatic heterocycles. The molecule has 3 aromatic carbocycles. The highest BCUT2D eigenvalue weighted by Crippen LogP contribution is 2.63. The van der Waals surface area contributed by atoms with Gasteiger partial charge in [-0.15, -0.1) is 0 Å². The van der Waals surface area contributed by atoms with Crippen LogP contribution in [0.25, 0.3) is 0 Å². The quantitative estimate of drug-likeness (QED) is 0.256. The molecule has 3 aromatic rings. The van der Waals surface area contributed by atoms with Crippen LogP contribution in [-0.4, -0.2) is 60.0 Å². The molecule has 42 heavy (non-hydrogen) atoms. The minimum atomic E-state index is -0.309. The van der Waals surface area contributed by atoms with E-state index in [1.807, 2.05) is 54.4 Å². The molecule has 2 heterocycles. The van der Waals surface area contributed by atoms with Crippen molar-refractivity contribution in [2.24, 2.45) is 5.92 Å². The monoisotopic (exact) mass is 560 g/mol. The Morgan fingerprint density at radius 3 is 2.57 bits per heavy atom. The maximum absolute atomic E-state index is 13.4. The lowest BCUT2D eigenvalue weighted by molar-refractivity contribution is -0.135. The van der Waals surface area contributed by atoms with Gasteiger partial charge in [0, 0.05) is 54.6 Å². The zero-order valence-corrected chi connectivity index (χ0v) is 24.2. The number of carbonyl (C=O) groups excluding carboxylic acids is 2. The summed E-state index contributed by atoms with van der Waals surface area (Å²) in [6.45, 7) is 3.42. The molecule has 0 aromatic heterocycles. The summed E-state index contributed by atoms with van der Waals surface area (Å²) in [7, 11) is 1.87. The van der Waals surface area contributed by atoms with Crippen LogP contribution < -0.4 is 9.47 Å². The number of likely N-dealkylation sites (tertiary alicyclic amines) is 1. The second kappa shape index (κ2) is 10.6. The first-order chi connectivity index (χ1) is 20.5. The van der Waals surface area contributed by atoms with Crippen LogP contribution in [0.1, 0.15) is 48.4 Å². The molecule has 214 valence electrons. The molecular weight excluding hydrogens is 524 g/mol. The van der Waals surface area contributed by atoms with Gasteiger partial charge in [0.25, 0.3) is 5.91 Å². The second-order valence-corrected chi connectivity index (χ2v) is 12.2. The van der Waals surface area contributed by atoms with Crippen LogP contribution in [0, 0.1) is 17.8 Å². The summed E-state index contributed by atoms with van der Waals surface area (Å²) in [5.41, 5.74) is 4.27. The van der Waals surface area contributed by atoms with Gasteiger partial charge in [-0.25, -0.2) is 0 Å². The standard InChI is InChI=1S/C36H36N2O4/c1-24(39)41-31-16-17-32-34-27(31)23-30-28-14-15-29(37(2)33(40)18-13-25-9-5-3-6-10-25)35(42-32)36(28,34)20-22-38(30)21-19-26-11-7-4-8-12-26/h3-12,16-17,28-30,35H,14-15,19-23H2,1-2H3/t28-,29-,30+,35-,36-/m0/s1. The van der Waals surface area contributed by atoms with Crippen molar-refractivity contribution >= 4 is 11.9 Å². The fourth-order valence-electron chi connectivity index (χ4n) is 8.33. The third kappa shape index (κ3) is 4.39. The van der Waals surface area contributed by atoms with E-state index in [2.05, 4.69) is 47.1 Å². The minimum absolute atomic E-state index is 0.0918. The van der Waals surface area contributed by atoms with E-state index in [4.69, 9.17) is 9.47 Å². The van der Waals surface area contributed by atoms with Crippen molar-refractivity contribution < 1.29 is 19.1 Å². The van der Waals surface area contributed by atoms with Gasteiger partial charge in [0.15, 0.2) is 0 Å². The predicted octanol–water partition coefficient (Wildman–Crippen LogP) is 4.77. The number of likely N-dealkylation sites (N-methyl/N-ethyl adjacent to an activating group) is 1. The lowest BCUT2D eigenvalue weighted by Gasteiger charge is -2.60. The molecule has 0 unspecified atom stereocenters. The number of esters is 1. The van der Waals surface area contributed by atoms with E-state index in [1.165, 1.54) is 18.1 Å². The van der Waals surface area contributed by atoms with Crippen LogP contribution in [0.2, 0.25) is 0 Å². The van der Waals surface area contributed by atoms with Gasteiger partial charge in [-0.1, -0.05) is 54.5 Å². The number of carbonyl (C=O) groups is 2. The molecule has 0 radical (unpaired) electrons. The summed E-state index contributed by atoms with van der Waals surface area (Å²) in [6, 6.07) is 24.4. The summed E-state index contributed by atoms with van der Waals surface area (Å²) in [5.74, 6) is 7.35. The molecule has 2 bridgehead atoms. The van der Waals surface area contributed by atoms with Crippen molar-refractivity contribution in [3.05, 3.63) is 95.1 Å². The maximum atomic E-state index is 13.4. The highest BCUT2D eigenvalue weighted by Gasteiger charge is 2.66. The second-order valence-electron chi connectivity index (χ2n) is 12.2. The number of hydrogen-bond donors (Lipinski definition) is 0. The Balaban J connectivity index is 1.23. The fourth-order valence-corrected chi connectivity index (χ4v) is 8.33. The molecule has 6 nitrogen and oxygen atoms in total. The molecule has 1 saturated carbocycles. The van der Waals surface area contributed by atoms with Gasteiger partial charge in [-0.3, -0.25) is 14.5 Å². The van der Waals surface area contributed by atoms with Crippen molar-refractivity contribution in [1.29, 1.82) is 0 Å². The number of hydrogen-bond acceptors (Lipinski definition) is 5. The van der Waals surface area contributed by atoms with Gasteiger partial charge in [-0.05, 0) is 74.4 Å². The molecule has 7 rings (SSSR count). The van der Waals surface area contributed by atoms with E-state index in [-0.39, 0.29) is 29.4 Å². The summed E-state index contributed by atoms with van der Waals surface area (Å²) in [6.07, 6.45) is 4.51. The third-order valence-electron chi connectivity index (χ3n) is 10.1. The van der Waals surface area contributed by atoms with Gasteiger partial charge in [0.2, 0.25) is 0 Å². The smallest absolute Gasteiger partial charge is 0.308 e. The van der Waals surface area contributed by atoms with Gasteiger partial charge in [0.1, 0.15) is 17.6 Å². The van der Waals surface area contributed by atoms with E-state index < -0.39 is 0 Å². The molecule has 6 heteroatoms. The number of nitrogens with zero attached hydrogens (tertiary/aromatic N) is 2. The average molecular weight is 561 g/mol. The number of amides is 1. The number of rotatable bonds is 5. The van der Waals surface area contributed by atoms with Crippen molar-refractivity contribution in [2.75, 3.05) is 20.1 Å². The van der Waals surface area contributed by atoms with Crippen LogP contribution >= 0.6 is 0 Å². The highest BCUT2D eigenvalue weighted by atomic mass is 16.5. The average Bonchev–Trinajstić information content (AvgIpc) is 3.34. The summed E-state index contributed by atoms with van der Waals surface area (Å²) >= 11 is 0. The maximum Gasteiger partial charge on any atom is 0.308 e. The minimum Gasteiger partial charge on any atom is -0.487 e. The molecule has 2 aliphatic carbocycles. The lowest BCUT2D eigenvalue weighted by atomic mass is 9.51. The molecule has 0 N–H and O–H groups in total. The summed E-state index contributed by atoms with van der Waals surface area (Å²) in [4.78, 5) is 30.0. The molecule has 4 aliphatic rings. The molecule has 2 fully saturated rings. The van der Waals surface area contributed by atoms with E-state index in [9.17, 15) is 9.59 Å². The van der Waals surface area contributed by atoms with Crippen LogP contribution in [0.5, 0.6) is 11.5 Å². The van der Waals surface area contributed by atoms with Crippen LogP contribution in [0.4, 0.5) is 0 Å². The Bertz CT molecular complexity index is 1580. The normalized spacial score (nSPS) is 26.7. The van der Waals surface area contributed by atoms with Gasteiger partial charge in [0.05, 0.1) is 6.04 Å². The molecule has 1 amide bonds. The number of piperidine rings is 1. The molecule has 1 saturated heterocycles. The fraction of sp³-hybridized carbons (Fsp3) is 0.389. The first kappa shape index (κ1) is 26.8. The first-order valence-corrected chi connectivity index (χ1v) is 15.1. The topological polar surface area (TPSA) is 59.1 Å². The van der Waals surface area contributed by atoms with E-state index in [0.29, 0.717) is 17.7 Å². The Kier molecular flexibility index (Phi) is 6.79. The SMILES string of the molecule is CC(=O)Oc1ccc2c3c1C[C@@H]1[C@@H]4CC[C@H](N(C)C(=O)C#Cc5ccccc5)[C@H](O2)[C@]34CCN1CCc1ccccc1. The van der Waals surface area contributed by atoms with Crippen molar-refractivity contribution in [2.45, 2.75) is 62.6 Å². The third-order valence-corrected chi connectivity index (χ3v) is 10.1. The van der Waals surface area contributed by atoms with Crippen molar-refractivity contribution in [3.8, 4) is 23.3 Å². The van der Waals surface area contributed by atoms with Gasteiger partial charge >= 0.3 is 5.97 Å². The van der Waals surface area contributed by atoms with Gasteiger partial charge in [-0.2, -0.15) is 0 Å².